The van der Waals surface area contributed by atoms with Crippen molar-refractivity contribution >= 4 is 0 Å². The quantitative estimate of drug-likeness (QED) is 0.804. The maximum absolute atomic E-state index is 6.01. The fraction of sp³-hybridized carbons (Fsp3) is 1.00. The maximum Gasteiger partial charge on any atom is 0.0656 e. The summed E-state index contributed by atoms with van der Waals surface area (Å²) in [6, 6.07) is 0.595. The third-order valence-electron chi connectivity index (χ3n) is 4.97. The van der Waals surface area contributed by atoms with Crippen molar-refractivity contribution in [1.82, 2.24) is 5.32 Å². The van der Waals surface area contributed by atoms with Crippen molar-refractivity contribution in [3.05, 3.63) is 0 Å². The third-order valence-corrected chi connectivity index (χ3v) is 4.97. The van der Waals surface area contributed by atoms with Gasteiger partial charge in [-0.2, -0.15) is 0 Å². The van der Waals surface area contributed by atoms with E-state index in [1.165, 1.54) is 6.42 Å². The molecule has 2 rings (SSSR count). The Morgan fingerprint density at radius 2 is 2.11 bits per heavy atom. The van der Waals surface area contributed by atoms with Crippen LogP contribution in [0, 0.1) is 17.3 Å². The molecule has 3 nitrogen and oxygen atoms in total. The topological polar surface area (TPSA) is 30.5 Å². The first-order valence-corrected chi connectivity index (χ1v) is 7.87. The summed E-state index contributed by atoms with van der Waals surface area (Å²) in [4.78, 5) is 0. The SMILES string of the molecule is CC(C)COC1CC(NCC2CCOC2C)C1(C)C. The zero-order chi connectivity index (χ0) is 14.0. The van der Waals surface area contributed by atoms with Gasteiger partial charge in [0.25, 0.3) is 0 Å². The minimum atomic E-state index is 0.261. The Hall–Kier alpha value is -0.120. The fourth-order valence-electron chi connectivity index (χ4n) is 3.16. The van der Waals surface area contributed by atoms with E-state index in [1.807, 2.05) is 0 Å². The molecule has 1 N–H and O–H groups in total. The maximum atomic E-state index is 6.01. The van der Waals surface area contributed by atoms with Crippen molar-refractivity contribution in [3.8, 4) is 0 Å². The van der Waals surface area contributed by atoms with E-state index in [2.05, 4.69) is 39.9 Å². The molecule has 1 aliphatic carbocycles. The summed E-state index contributed by atoms with van der Waals surface area (Å²) in [5, 5.41) is 3.74. The second-order valence-corrected chi connectivity index (χ2v) is 7.36. The molecular formula is C16H31NO2. The molecule has 0 radical (unpaired) electrons. The molecule has 112 valence electrons. The zero-order valence-electron chi connectivity index (χ0n) is 13.2. The number of hydrogen-bond donors (Lipinski definition) is 1. The fourth-order valence-corrected chi connectivity index (χ4v) is 3.16. The van der Waals surface area contributed by atoms with Gasteiger partial charge in [-0.05, 0) is 31.6 Å². The van der Waals surface area contributed by atoms with E-state index in [4.69, 9.17) is 9.47 Å². The first kappa shape index (κ1) is 15.3. The monoisotopic (exact) mass is 269 g/mol. The molecule has 1 saturated heterocycles. The Kier molecular flexibility index (Phi) is 4.91. The molecule has 0 aromatic rings. The molecular weight excluding hydrogens is 238 g/mol. The van der Waals surface area contributed by atoms with Gasteiger partial charge in [0.1, 0.15) is 0 Å². The molecule has 3 heteroatoms. The van der Waals surface area contributed by atoms with Crippen LogP contribution in [0.4, 0.5) is 0 Å². The van der Waals surface area contributed by atoms with Crippen molar-refractivity contribution in [2.45, 2.75) is 65.7 Å². The predicted molar refractivity (Wildman–Crippen MR) is 78.3 cm³/mol. The Morgan fingerprint density at radius 3 is 2.63 bits per heavy atom. The summed E-state index contributed by atoms with van der Waals surface area (Å²) >= 11 is 0. The zero-order valence-corrected chi connectivity index (χ0v) is 13.2. The summed E-state index contributed by atoms with van der Waals surface area (Å²) in [5.41, 5.74) is 0.261. The molecule has 4 atom stereocenters. The number of nitrogens with one attached hydrogen (secondary N) is 1. The van der Waals surface area contributed by atoms with Gasteiger partial charge < -0.3 is 14.8 Å². The van der Waals surface area contributed by atoms with Crippen molar-refractivity contribution in [1.29, 1.82) is 0 Å². The minimum absolute atomic E-state index is 0.261. The molecule has 0 aromatic heterocycles. The Labute approximate surface area is 118 Å². The lowest BCUT2D eigenvalue weighted by atomic mass is 9.64. The van der Waals surface area contributed by atoms with Gasteiger partial charge in [-0.25, -0.2) is 0 Å². The highest BCUT2D eigenvalue weighted by molar-refractivity contribution is 5.03. The van der Waals surface area contributed by atoms with Gasteiger partial charge in [-0.15, -0.1) is 0 Å². The highest BCUT2D eigenvalue weighted by Gasteiger charge is 2.48. The number of hydrogen-bond acceptors (Lipinski definition) is 3. The Bertz CT molecular complexity index is 290. The van der Waals surface area contributed by atoms with Crippen LogP contribution in [0.5, 0.6) is 0 Å². The van der Waals surface area contributed by atoms with Crippen LogP contribution in [0.15, 0.2) is 0 Å². The van der Waals surface area contributed by atoms with Crippen molar-refractivity contribution in [2.75, 3.05) is 19.8 Å². The van der Waals surface area contributed by atoms with Gasteiger partial charge in [0.05, 0.1) is 12.2 Å². The normalized spacial score (nSPS) is 37.6. The van der Waals surface area contributed by atoms with Crippen LogP contribution >= 0.6 is 0 Å². The molecule has 19 heavy (non-hydrogen) atoms. The Balaban J connectivity index is 1.71. The summed E-state index contributed by atoms with van der Waals surface area (Å²) in [6.07, 6.45) is 3.20. The average molecular weight is 269 g/mol. The van der Waals surface area contributed by atoms with E-state index in [0.717, 1.165) is 26.2 Å². The van der Waals surface area contributed by atoms with Gasteiger partial charge in [-0.3, -0.25) is 0 Å². The first-order valence-electron chi connectivity index (χ1n) is 7.87. The van der Waals surface area contributed by atoms with Gasteiger partial charge in [0.2, 0.25) is 0 Å². The van der Waals surface area contributed by atoms with Crippen LogP contribution < -0.4 is 5.32 Å². The van der Waals surface area contributed by atoms with Gasteiger partial charge in [-0.1, -0.05) is 27.7 Å². The van der Waals surface area contributed by atoms with Crippen LogP contribution in [0.3, 0.4) is 0 Å². The highest BCUT2D eigenvalue weighted by atomic mass is 16.5. The van der Waals surface area contributed by atoms with Crippen molar-refractivity contribution in [3.63, 3.8) is 0 Å². The summed E-state index contributed by atoms with van der Waals surface area (Å²) in [6.45, 7) is 14.2. The molecule has 0 spiro atoms. The third kappa shape index (κ3) is 3.50. The van der Waals surface area contributed by atoms with E-state index < -0.39 is 0 Å². The minimum Gasteiger partial charge on any atom is -0.378 e. The summed E-state index contributed by atoms with van der Waals surface area (Å²) in [5.74, 6) is 1.31. The van der Waals surface area contributed by atoms with E-state index >= 15 is 0 Å². The average Bonchev–Trinajstić information content (AvgIpc) is 2.72. The molecule has 4 unspecified atom stereocenters. The van der Waals surface area contributed by atoms with E-state index in [9.17, 15) is 0 Å². The van der Waals surface area contributed by atoms with Crippen LogP contribution in [0.25, 0.3) is 0 Å². The second kappa shape index (κ2) is 6.11. The standard InChI is InChI=1S/C16H31NO2/c1-11(2)10-19-15-8-14(16(15,4)5)17-9-13-6-7-18-12(13)3/h11-15,17H,6-10H2,1-5H3. The smallest absolute Gasteiger partial charge is 0.0656 e. The van der Waals surface area contributed by atoms with Gasteiger partial charge in [0.15, 0.2) is 0 Å². The molecule has 2 aliphatic rings. The van der Waals surface area contributed by atoms with Crippen molar-refractivity contribution in [2.24, 2.45) is 17.3 Å². The van der Waals surface area contributed by atoms with E-state index in [0.29, 0.717) is 30.1 Å². The van der Waals surface area contributed by atoms with Gasteiger partial charge in [0, 0.05) is 31.2 Å². The molecule has 0 amide bonds. The largest absolute Gasteiger partial charge is 0.378 e. The van der Waals surface area contributed by atoms with E-state index in [-0.39, 0.29) is 5.41 Å². The molecule has 2 fully saturated rings. The summed E-state index contributed by atoms with van der Waals surface area (Å²) in [7, 11) is 0. The number of ether oxygens (including phenoxy) is 2. The molecule has 1 aliphatic heterocycles. The van der Waals surface area contributed by atoms with Crippen LogP contribution in [-0.4, -0.2) is 38.0 Å². The molecule has 0 bridgehead atoms. The Morgan fingerprint density at radius 1 is 1.37 bits per heavy atom. The first-order chi connectivity index (χ1) is 8.91. The molecule has 1 heterocycles. The molecule has 0 aromatic carbocycles. The van der Waals surface area contributed by atoms with E-state index in [1.54, 1.807) is 0 Å². The van der Waals surface area contributed by atoms with Crippen LogP contribution in [0.2, 0.25) is 0 Å². The predicted octanol–water partition coefficient (Wildman–Crippen LogP) is 2.84. The number of rotatable bonds is 6. The highest BCUT2D eigenvalue weighted by Crippen LogP contribution is 2.43. The molecule has 1 saturated carbocycles. The lowest BCUT2D eigenvalue weighted by Crippen LogP contribution is -2.61. The van der Waals surface area contributed by atoms with Crippen LogP contribution in [-0.2, 0) is 9.47 Å². The van der Waals surface area contributed by atoms with Gasteiger partial charge >= 0.3 is 0 Å². The lowest BCUT2D eigenvalue weighted by Gasteiger charge is -2.52. The summed E-state index contributed by atoms with van der Waals surface area (Å²) < 4.78 is 11.6. The van der Waals surface area contributed by atoms with Crippen LogP contribution in [0.1, 0.15) is 47.5 Å². The lowest BCUT2D eigenvalue weighted by molar-refractivity contribution is -0.124. The van der Waals surface area contributed by atoms with Crippen molar-refractivity contribution < 1.29 is 9.47 Å². The second-order valence-electron chi connectivity index (χ2n) is 7.36.